The summed E-state index contributed by atoms with van der Waals surface area (Å²) in [5.41, 5.74) is 6.09. The summed E-state index contributed by atoms with van der Waals surface area (Å²) >= 11 is 1.61. The van der Waals surface area contributed by atoms with Crippen molar-refractivity contribution in [1.29, 1.82) is 0 Å². The number of aliphatic hydroxyl groups excluding tert-OH is 1. The topological polar surface area (TPSA) is 75.2 Å². The van der Waals surface area contributed by atoms with Crippen LogP contribution in [-0.4, -0.2) is 21.4 Å². The largest absolute Gasteiger partial charge is 0.457 e. The molecule has 34 heavy (non-hydrogen) atoms. The number of carbonyl (C=O) groups excluding carboxylic acids is 1. The van der Waals surface area contributed by atoms with E-state index in [1.807, 2.05) is 54.7 Å². The number of hydrogen-bond donors (Lipinski definition) is 2. The Morgan fingerprint density at radius 3 is 2.79 bits per heavy atom. The average molecular weight is 469 g/mol. The summed E-state index contributed by atoms with van der Waals surface area (Å²) in [4.78, 5) is 18.7. The van der Waals surface area contributed by atoms with Crippen LogP contribution in [0.4, 0.5) is 0 Å². The molecule has 0 fully saturated rings. The Labute approximate surface area is 201 Å². The molecule has 0 aliphatic carbocycles. The number of aliphatic hydroxyl groups is 1. The molecule has 2 aromatic heterocycles. The Kier molecular flexibility index (Phi) is 6.51. The van der Waals surface area contributed by atoms with Gasteiger partial charge in [0.15, 0.2) is 0 Å². The first-order chi connectivity index (χ1) is 16.7. The number of fused-ring (bicyclic) bond motifs is 1. The number of H-pyrrole nitrogens is 1. The molecule has 0 unspecified atom stereocenters. The van der Waals surface area contributed by atoms with Gasteiger partial charge >= 0.3 is 0 Å². The molecule has 0 amide bonds. The summed E-state index contributed by atoms with van der Waals surface area (Å²) in [6, 6.07) is 22.0. The van der Waals surface area contributed by atoms with Gasteiger partial charge in [-0.2, -0.15) is 0 Å². The smallest absolute Gasteiger partial charge is 0.133 e. The van der Waals surface area contributed by atoms with Crippen molar-refractivity contribution in [1.82, 2.24) is 9.97 Å². The number of hydrogen-bond acceptors (Lipinski definition) is 5. The van der Waals surface area contributed by atoms with Gasteiger partial charge in [0, 0.05) is 46.4 Å². The van der Waals surface area contributed by atoms with Crippen molar-refractivity contribution >= 4 is 28.5 Å². The van der Waals surface area contributed by atoms with E-state index in [9.17, 15) is 9.90 Å². The Morgan fingerprint density at radius 1 is 1.03 bits per heavy atom. The lowest BCUT2D eigenvalue weighted by atomic mass is 10.0. The highest BCUT2D eigenvalue weighted by Gasteiger charge is 2.12. The zero-order valence-electron chi connectivity index (χ0n) is 18.5. The van der Waals surface area contributed by atoms with Gasteiger partial charge < -0.3 is 19.6 Å². The monoisotopic (exact) mass is 468 g/mol. The second-order valence-corrected chi connectivity index (χ2v) is 8.97. The van der Waals surface area contributed by atoms with Gasteiger partial charge in [0.1, 0.15) is 22.8 Å². The van der Waals surface area contributed by atoms with Crippen LogP contribution in [0.1, 0.15) is 28.8 Å². The molecule has 0 spiro atoms. The average Bonchev–Trinajstić information content (AvgIpc) is 3.53. The highest BCUT2D eigenvalue weighted by Crippen LogP contribution is 2.34. The van der Waals surface area contributed by atoms with Crippen LogP contribution in [0.25, 0.3) is 21.5 Å². The predicted octanol–water partition coefficient (Wildman–Crippen LogP) is 6.30. The minimum absolute atomic E-state index is 0.101. The van der Waals surface area contributed by atoms with Gasteiger partial charge in [-0.05, 0) is 47.9 Å². The fourth-order valence-corrected chi connectivity index (χ4v) is 4.92. The third-order valence-corrected chi connectivity index (χ3v) is 6.69. The van der Waals surface area contributed by atoms with Crippen LogP contribution in [0.3, 0.4) is 0 Å². The number of thiazole rings is 1. The molecular formula is C28H24N2O3S. The van der Waals surface area contributed by atoms with E-state index in [1.165, 1.54) is 11.1 Å². The van der Waals surface area contributed by atoms with Gasteiger partial charge in [0.2, 0.25) is 0 Å². The molecule has 5 aromatic rings. The van der Waals surface area contributed by atoms with Gasteiger partial charge in [0.05, 0.1) is 12.3 Å². The molecule has 3 aromatic carbocycles. The van der Waals surface area contributed by atoms with Crippen molar-refractivity contribution in [2.45, 2.75) is 25.9 Å². The Morgan fingerprint density at radius 2 is 1.91 bits per heavy atom. The molecular weight excluding hydrogens is 444 g/mol. The normalized spacial score (nSPS) is 11.1. The Balaban J connectivity index is 1.34. The van der Waals surface area contributed by atoms with Crippen LogP contribution in [0.5, 0.6) is 11.5 Å². The first-order valence-electron chi connectivity index (χ1n) is 11.2. The van der Waals surface area contributed by atoms with E-state index < -0.39 is 0 Å². The minimum Gasteiger partial charge on any atom is -0.457 e. The van der Waals surface area contributed by atoms with E-state index in [-0.39, 0.29) is 6.61 Å². The summed E-state index contributed by atoms with van der Waals surface area (Å²) in [5, 5.41) is 13.9. The second-order valence-electron chi connectivity index (χ2n) is 8.12. The fraction of sp³-hybridized carbons (Fsp3) is 0.143. The number of aromatic nitrogens is 2. The Hall–Kier alpha value is -3.74. The SMILES string of the molecule is O=CCCc1cccc(Cc2csc(-c3cccc(Oc4ccc5[nH]ccc5c4CO)c3)n2)c1. The quantitative estimate of drug-likeness (QED) is 0.249. The van der Waals surface area contributed by atoms with Gasteiger partial charge in [-0.3, -0.25) is 0 Å². The lowest BCUT2D eigenvalue weighted by Gasteiger charge is -2.11. The molecule has 170 valence electrons. The molecule has 2 heterocycles. The maximum Gasteiger partial charge on any atom is 0.133 e. The summed E-state index contributed by atoms with van der Waals surface area (Å²) in [5.74, 6) is 1.34. The number of aromatic amines is 1. The van der Waals surface area contributed by atoms with Crippen LogP contribution in [0.2, 0.25) is 0 Å². The number of benzene rings is 3. The number of ether oxygens (including phenoxy) is 1. The van der Waals surface area contributed by atoms with Crippen molar-refractivity contribution in [2.75, 3.05) is 0 Å². The highest BCUT2D eigenvalue weighted by atomic mass is 32.1. The number of nitrogens with zero attached hydrogens (tertiary/aromatic N) is 1. The van der Waals surface area contributed by atoms with Gasteiger partial charge in [-0.15, -0.1) is 11.3 Å². The second kappa shape index (κ2) is 10.0. The molecule has 0 saturated heterocycles. The molecule has 0 atom stereocenters. The van der Waals surface area contributed by atoms with Gasteiger partial charge in [0.25, 0.3) is 0 Å². The third kappa shape index (κ3) is 4.78. The summed E-state index contributed by atoms with van der Waals surface area (Å²) in [7, 11) is 0. The van der Waals surface area contributed by atoms with Crippen molar-refractivity contribution in [3.05, 3.63) is 101 Å². The van der Waals surface area contributed by atoms with Crippen molar-refractivity contribution < 1.29 is 14.6 Å². The molecule has 2 N–H and O–H groups in total. The number of carbonyl (C=O) groups is 1. The molecule has 0 aliphatic heterocycles. The highest BCUT2D eigenvalue weighted by molar-refractivity contribution is 7.13. The summed E-state index contributed by atoms with van der Waals surface area (Å²) in [6.45, 7) is -0.101. The van der Waals surface area contributed by atoms with Crippen LogP contribution in [0.15, 0.2) is 78.3 Å². The van der Waals surface area contributed by atoms with Crippen LogP contribution in [0, 0.1) is 0 Å². The minimum atomic E-state index is -0.101. The van der Waals surface area contributed by atoms with Crippen LogP contribution in [-0.2, 0) is 24.2 Å². The lowest BCUT2D eigenvalue weighted by molar-refractivity contribution is -0.107. The summed E-state index contributed by atoms with van der Waals surface area (Å²) in [6.07, 6.45) is 4.87. The zero-order valence-corrected chi connectivity index (χ0v) is 19.3. The number of aryl methyl sites for hydroxylation is 1. The van der Waals surface area contributed by atoms with Gasteiger partial charge in [-0.25, -0.2) is 4.98 Å². The zero-order chi connectivity index (χ0) is 23.3. The van der Waals surface area contributed by atoms with Crippen LogP contribution < -0.4 is 4.74 Å². The molecule has 0 radical (unpaired) electrons. The van der Waals surface area contributed by atoms with E-state index in [0.717, 1.165) is 51.9 Å². The maximum atomic E-state index is 10.7. The van der Waals surface area contributed by atoms with Crippen LogP contribution >= 0.6 is 11.3 Å². The first kappa shape index (κ1) is 22.1. The molecule has 0 saturated carbocycles. The first-order valence-corrected chi connectivity index (χ1v) is 12.1. The molecule has 5 rings (SSSR count). The summed E-state index contributed by atoms with van der Waals surface area (Å²) < 4.78 is 6.17. The molecule has 0 bridgehead atoms. The number of rotatable bonds is 9. The number of nitrogens with one attached hydrogen (secondary N) is 1. The number of aldehydes is 1. The third-order valence-electron chi connectivity index (χ3n) is 5.75. The standard InChI is InChI=1S/C28H24N2O3S/c31-13-3-6-19-4-1-5-20(14-19)15-22-18-34-28(30-22)21-7-2-8-23(16-21)33-27-10-9-26-24(11-12-29-26)25(27)17-32/h1-2,4-5,7-14,16,18,29,32H,3,6,15,17H2. The van der Waals surface area contributed by atoms with Gasteiger partial charge in [-0.1, -0.05) is 36.4 Å². The predicted molar refractivity (Wildman–Crippen MR) is 135 cm³/mol. The maximum absolute atomic E-state index is 10.7. The van der Waals surface area contributed by atoms with E-state index >= 15 is 0 Å². The molecule has 0 aliphatic rings. The van der Waals surface area contributed by atoms with Crippen molar-refractivity contribution in [2.24, 2.45) is 0 Å². The van der Waals surface area contributed by atoms with E-state index in [1.54, 1.807) is 11.3 Å². The lowest BCUT2D eigenvalue weighted by Crippen LogP contribution is -1.93. The van der Waals surface area contributed by atoms with E-state index in [2.05, 4.69) is 28.6 Å². The van der Waals surface area contributed by atoms with Crippen molar-refractivity contribution in [3.63, 3.8) is 0 Å². The van der Waals surface area contributed by atoms with E-state index in [4.69, 9.17) is 9.72 Å². The van der Waals surface area contributed by atoms with E-state index in [0.29, 0.717) is 17.9 Å². The Bertz CT molecular complexity index is 1440. The molecule has 5 nitrogen and oxygen atoms in total. The molecule has 6 heteroatoms. The van der Waals surface area contributed by atoms with Crippen molar-refractivity contribution in [3.8, 4) is 22.1 Å². The fourth-order valence-electron chi connectivity index (χ4n) is 4.10.